The summed E-state index contributed by atoms with van der Waals surface area (Å²) in [4.78, 5) is 2.49. The summed E-state index contributed by atoms with van der Waals surface area (Å²) in [6.07, 6.45) is 8.72. The van der Waals surface area contributed by atoms with Crippen molar-refractivity contribution in [2.45, 2.75) is 57.2 Å². The van der Waals surface area contributed by atoms with Crippen LogP contribution in [-0.2, 0) is 6.54 Å². The van der Waals surface area contributed by atoms with Crippen LogP contribution in [0.5, 0.6) is 0 Å². The van der Waals surface area contributed by atoms with Crippen molar-refractivity contribution in [1.29, 1.82) is 0 Å². The predicted octanol–water partition coefficient (Wildman–Crippen LogP) is 2.19. The van der Waals surface area contributed by atoms with Gasteiger partial charge < -0.3 is 9.63 Å². The molecule has 2 aliphatic rings. The maximum atomic E-state index is 10.1. The fraction of sp³-hybridized carbons (Fsp3) is 0.786. The second kappa shape index (κ2) is 5.41. The molecule has 3 rings (SSSR count). The van der Waals surface area contributed by atoms with Gasteiger partial charge in [-0.05, 0) is 32.2 Å². The van der Waals surface area contributed by atoms with E-state index in [0.717, 1.165) is 25.3 Å². The van der Waals surface area contributed by atoms with Crippen LogP contribution in [0.15, 0.2) is 16.8 Å². The third kappa shape index (κ3) is 2.45. The van der Waals surface area contributed by atoms with E-state index in [1.54, 1.807) is 6.20 Å². The van der Waals surface area contributed by atoms with E-state index in [0.29, 0.717) is 12.0 Å². The lowest BCUT2D eigenvalue weighted by Gasteiger charge is -2.39. The minimum Gasteiger partial charge on any atom is -0.393 e. The average molecular weight is 250 g/mol. The maximum absolute atomic E-state index is 10.1. The van der Waals surface area contributed by atoms with Crippen molar-refractivity contribution in [1.82, 2.24) is 10.1 Å². The molecule has 0 spiro atoms. The molecule has 1 aromatic heterocycles. The van der Waals surface area contributed by atoms with Gasteiger partial charge in [0.25, 0.3) is 0 Å². The van der Waals surface area contributed by atoms with Gasteiger partial charge >= 0.3 is 0 Å². The van der Waals surface area contributed by atoms with Crippen LogP contribution >= 0.6 is 0 Å². The van der Waals surface area contributed by atoms with Gasteiger partial charge in [-0.1, -0.05) is 18.0 Å². The summed E-state index contributed by atoms with van der Waals surface area (Å²) >= 11 is 0. The number of aliphatic hydroxyl groups excluding tert-OH is 1. The highest BCUT2D eigenvalue weighted by Gasteiger charge is 2.37. The summed E-state index contributed by atoms with van der Waals surface area (Å²) in [5.41, 5.74) is 0. The van der Waals surface area contributed by atoms with Gasteiger partial charge in [-0.15, -0.1) is 0 Å². The first kappa shape index (κ1) is 12.2. The Morgan fingerprint density at radius 3 is 2.94 bits per heavy atom. The summed E-state index contributed by atoms with van der Waals surface area (Å²) in [6.45, 7) is 1.96. The summed E-state index contributed by atoms with van der Waals surface area (Å²) in [5, 5.41) is 13.9. The Labute approximate surface area is 108 Å². The standard InChI is InChI=1S/C14H22N2O2/c17-14-6-3-4-12(14)13-5-1-2-9-16(13)10-11-7-8-15-18-11/h7-8,12-14,17H,1-6,9-10H2. The third-order valence-electron chi connectivity index (χ3n) is 4.54. The van der Waals surface area contributed by atoms with Crippen LogP contribution in [0, 0.1) is 5.92 Å². The van der Waals surface area contributed by atoms with E-state index in [1.807, 2.05) is 6.07 Å². The second-order valence-corrected chi connectivity index (χ2v) is 5.67. The summed E-state index contributed by atoms with van der Waals surface area (Å²) in [5.74, 6) is 1.41. The zero-order chi connectivity index (χ0) is 12.4. The number of rotatable bonds is 3. The minimum absolute atomic E-state index is 0.0923. The largest absolute Gasteiger partial charge is 0.393 e. The minimum atomic E-state index is -0.0923. The molecule has 1 saturated carbocycles. The van der Waals surface area contributed by atoms with E-state index < -0.39 is 0 Å². The molecule has 0 amide bonds. The maximum Gasteiger partial charge on any atom is 0.150 e. The zero-order valence-corrected chi connectivity index (χ0v) is 10.8. The molecule has 3 unspecified atom stereocenters. The van der Waals surface area contributed by atoms with Crippen molar-refractivity contribution in [3.63, 3.8) is 0 Å². The van der Waals surface area contributed by atoms with Crippen LogP contribution in [0.3, 0.4) is 0 Å². The number of hydrogen-bond donors (Lipinski definition) is 1. The number of piperidine rings is 1. The molecule has 4 heteroatoms. The predicted molar refractivity (Wildman–Crippen MR) is 67.9 cm³/mol. The van der Waals surface area contributed by atoms with Crippen molar-refractivity contribution in [3.05, 3.63) is 18.0 Å². The number of aliphatic hydroxyl groups is 1. The van der Waals surface area contributed by atoms with E-state index in [9.17, 15) is 5.11 Å². The van der Waals surface area contributed by atoms with Crippen LogP contribution in [0.2, 0.25) is 0 Å². The summed E-state index contributed by atoms with van der Waals surface area (Å²) < 4.78 is 5.22. The molecule has 1 aromatic rings. The van der Waals surface area contributed by atoms with E-state index in [-0.39, 0.29) is 6.10 Å². The molecule has 2 heterocycles. The van der Waals surface area contributed by atoms with Gasteiger partial charge in [-0.25, -0.2) is 0 Å². The first-order chi connectivity index (χ1) is 8.84. The number of likely N-dealkylation sites (tertiary alicyclic amines) is 1. The quantitative estimate of drug-likeness (QED) is 0.893. The molecule has 1 aliphatic heterocycles. The van der Waals surface area contributed by atoms with Gasteiger partial charge in [0.1, 0.15) is 0 Å². The molecule has 3 atom stereocenters. The summed E-state index contributed by atoms with van der Waals surface area (Å²) in [7, 11) is 0. The fourth-order valence-electron chi connectivity index (χ4n) is 3.64. The lowest BCUT2D eigenvalue weighted by atomic mass is 9.87. The molecule has 1 aliphatic carbocycles. The molecule has 100 valence electrons. The van der Waals surface area contributed by atoms with Gasteiger partial charge in [-0.2, -0.15) is 0 Å². The number of nitrogens with zero attached hydrogens (tertiary/aromatic N) is 2. The van der Waals surface area contributed by atoms with E-state index >= 15 is 0 Å². The smallest absolute Gasteiger partial charge is 0.150 e. The van der Waals surface area contributed by atoms with Crippen molar-refractivity contribution in [2.75, 3.05) is 6.54 Å². The van der Waals surface area contributed by atoms with Crippen LogP contribution < -0.4 is 0 Å². The Morgan fingerprint density at radius 1 is 1.28 bits per heavy atom. The molecular formula is C14H22N2O2. The third-order valence-corrected chi connectivity index (χ3v) is 4.54. The lowest BCUT2D eigenvalue weighted by Crippen LogP contribution is -2.45. The lowest BCUT2D eigenvalue weighted by molar-refractivity contribution is 0.0271. The molecular weight excluding hydrogens is 228 g/mol. The molecule has 1 N–H and O–H groups in total. The van der Waals surface area contributed by atoms with Crippen LogP contribution in [0.25, 0.3) is 0 Å². The second-order valence-electron chi connectivity index (χ2n) is 5.67. The Kier molecular flexibility index (Phi) is 3.66. The molecule has 0 bridgehead atoms. The molecule has 18 heavy (non-hydrogen) atoms. The number of aromatic nitrogens is 1. The van der Waals surface area contributed by atoms with Crippen molar-refractivity contribution < 1.29 is 9.63 Å². The van der Waals surface area contributed by atoms with E-state index in [2.05, 4.69) is 10.1 Å². The van der Waals surface area contributed by atoms with E-state index in [4.69, 9.17) is 4.52 Å². The highest BCUT2D eigenvalue weighted by atomic mass is 16.5. The first-order valence-corrected chi connectivity index (χ1v) is 7.16. The normalized spacial score (nSPS) is 33.9. The van der Waals surface area contributed by atoms with Crippen LogP contribution in [0.1, 0.15) is 44.3 Å². The van der Waals surface area contributed by atoms with Crippen LogP contribution in [-0.4, -0.2) is 33.9 Å². The van der Waals surface area contributed by atoms with Crippen molar-refractivity contribution in [3.8, 4) is 0 Å². The molecule has 2 fully saturated rings. The van der Waals surface area contributed by atoms with E-state index in [1.165, 1.54) is 32.1 Å². The van der Waals surface area contributed by atoms with Crippen molar-refractivity contribution in [2.24, 2.45) is 5.92 Å². The van der Waals surface area contributed by atoms with Crippen molar-refractivity contribution >= 4 is 0 Å². The number of hydrogen-bond acceptors (Lipinski definition) is 4. The zero-order valence-electron chi connectivity index (χ0n) is 10.8. The fourth-order valence-corrected chi connectivity index (χ4v) is 3.64. The van der Waals surface area contributed by atoms with Gasteiger partial charge in [0.15, 0.2) is 5.76 Å². The van der Waals surface area contributed by atoms with Gasteiger partial charge in [0.2, 0.25) is 0 Å². The topological polar surface area (TPSA) is 49.5 Å². The van der Waals surface area contributed by atoms with Crippen LogP contribution in [0.4, 0.5) is 0 Å². The highest BCUT2D eigenvalue weighted by Crippen LogP contribution is 2.35. The first-order valence-electron chi connectivity index (χ1n) is 7.16. The molecule has 0 radical (unpaired) electrons. The Hall–Kier alpha value is -0.870. The van der Waals surface area contributed by atoms with Gasteiger partial charge in [-0.3, -0.25) is 4.90 Å². The molecule has 1 saturated heterocycles. The Balaban J connectivity index is 1.69. The monoisotopic (exact) mass is 250 g/mol. The highest BCUT2D eigenvalue weighted by molar-refractivity contribution is 4.96. The Bertz CT molecular complexity index is 366. The molecule has 0 aromatic carbocycles. The SMILES string of the molecule is OC1CCCC1C1CCCCN1Cc1ccno1. The molecule has 4 nitrogen and oxygen atoms in total. The summed E-state index contributed by atoms with van der Waals surface area (Å²) in [6, 6.07) is 2.47. The van der Waals surface area contributed by atoms with Gasteiger partial charge in [0.05, 0.1) is 18.8 Å². The Morgan fingerprint density at radius 2 is 2.22 bits per heavy atom. The average Bonchev–Trinajstić information content (AvgIpc) is 3.02. The van der Waals surface area contributed by atoms with Gasteiger partial charge in [0, 0.05) is 18.0 Å².